The van der Waals surface area contributed by atoms with Gasteiger partial charge in [0.05, 0.1) is 19.3 Å². The lowest BCUT2D eigenvalue weighted by atomic mass is 10.2. The smallest absolute Gasteiger partial charge is 0.222 e. The molecule has 0 saturated carbocycles. The van der Waals surface area contributed by atoms with Gasteiger partial charge in [-0.05, 0) is 6.42 Å². The molecule has 1 aliphatic rings. The Kier molecular flexibility index (Phi) is 5.60. The molecule has 0 spiro atoms. The van der Waals surface area contributed by atoms with Gasteiger partial charge in [-0.1, -0.05) is 0 Å². The van der Waals surface area contributed by atoms with E-state index in [1.54, 1.807) is 12.0 Å². The number of hydrogen-bond acceptors (Lipinski definition) is 4. The first-order chi connectivity index (χ1) is 7.27. The molecule has 1 fully saturated rings. The van der Waals surface area contributed by atoms with Crippen molar-refractivity contribution in [1.82, 2.24) is 4.90 Å². The highest BCUT2D eigenvalue weighted by atomic mass is 16.5. The quantitative estimate of drug-likeness (QED) is 0.638. The molecule has 0 aromatic carbocycles. The second-order valence-electron chi connectivity index (χ2n) is 3.61. The Morgan fingerprint density at radius 2 is 2.47 bits per heavy atom. The van der Waals surface area contributed by atoms with Gasteiger partial charge in [-0.25, -0.2) is 0 Å². The molecule has 88 valence electrons. The Morgan fingerprint density at radius 1 is 1.67 bits per heavy atom. The van der Waals surface area contributed by atoms with Crippen molar-refractivity contribution in [3.05, 3.63) is 0 Å². The third-order valence-electron chi connectivity index (χ3n) is 2.43. The lowest BCUT2D eigenvalue weighted by Gasteiger charge is -2.32. The number of hydrogen-bond donors (Lipinski definition) is 1. The van der Waals surface area contributed by atoms with Crippen molar-refractivity contribution in [1.29, 1.82) is 0 Å². The van der Waals surface area contributed by atoms with E-state index in [-0.39, 0.29) is 18.6 Å². The molecule has 0 radical (unpaired) electrons. The minimum atomic E-state index is -0.217. The van der Waals surface area contributed by atoms with E-state index in [2.05, 4.69) is 0 Å². The number of rotatable bonds is 5. The first-order valence-corrected chi connectivity index (χ1v) is 5.27. The first kappa shape index (κ1) is 12.4. The van der Waals surface area contributed by atoms with Crippen LogP contribution in [-0.4, -0.2) is 62.0 Å². The van der Waals surface area contributed by atoms with Gasteiger partial charge in [0.2, 0.25) is 5.91 Å². The standard InChI is InChI=1S/C10H19NO4/c1-14-5-2-3-10(13)11-4-6-15-9(7-11)8-12/h9,12H,2-8H2,1H3. The molecule has 0 aliphatic carbocycles. The van der Waals surface area contributed by atoms with Crippen molar-refractivity contribution < 1.29 is 19.4 Å². The Balaban J connectivity index is 2.25. The fourth-order valence-corrected chi connectivity index (χ4v) is 1.58. The number of carbonyl (C=O) groups excluding carboxylic acids is 1. The number of aliphatic hydroxyl groups is 1. The summed E-state index contributed by atoms with van der Waals surface area (Å²) in [7, 11) is 1.63. The van der Waals surface area contributed by atoms with Crippen LogP contribution in [-0.2, 0) is 14.3 Å². The molecule has 1 aliphatic heterocycles. The summed E-state index contributed by atoms with van der Waals surface area (Å²) < 4.78 is 10.2. The third kappa shape index (κ3) is 4.15. The van der Waals surface area contributed by atoms with E-state index >= 15 is 0 Å². The van der Waals surface area contributed by atoms with Crippen LogP contribution in [0.15, 0.2) is 0 Å². The van der Waals surface area contributed by atoms with Crippen LogP contribution in [0.4, 0.5) is 0 Å². The van der Waals surface area contributed by atoms with Gasteiger partial charge in [0.15, 0.2) is 0 Å². The summed E-state index contributed by atoms with van der Waals surface area (Å²) in [6.45, 7) is 2.23. The average molecular weight is 217 g/mol. The van der Waals surface area contributed by atoms with Crippen LogP contribution < -0.4 is 0 Å². The molecule has 1 atom stereocenters. The number of ether oxygens (including phenoxy) is 2. The summed E-state index contributed by atoms with van der Waals surface area (Å²) in [4.78, 5) is 13.4. The molecule has 1 N–H and O–H groups in total. The summed E-state index contributed by atoms with van der Waals surface area (Å²) in [6, 6.07) is 0. The summed E-state index contributed by atoms with van der Waals surface area (Å²) in [5.41, 5.74) is 0. The predicted molar refractivity (Wildman–Crippen MR) is 54.5 cm³/mol. The van der Waals surface area contributed by atoms with Gasteiger partial charge in [0.25, 0.3) is 0 Å². The molecule has 1 saturated heterocycles. The largest absolute Gasteiger partial charge is 0.394 e. The van der Waals surface area contributed by atoms with E-state index in [0.717, 1.165) is 6.42 Å². The maximum Gasteiger partial charge on any atom is 0.222 e. The van der Waals surface area contributed by atoms with Crippen LogP contribution in [0, 0.1) is 0 Å². The third-order valence-corrected chi connectivity index (χ3v) is 2.43. The van der Waals surface area contributed by atoms with Gasteiger partial charge in [0.1, 0.15) is 0 Å². The lowest BCUT2D eigenvalue weighted by Crippen LogP contribution is -2.46. The fraction of sp³-hybridized carbons (Fsp3) is 0.900. The van der Waals surface area contributed by atoms with Crippen molar-refractivity contribution >= 4 is 5.91 Å². The molecular formula is C10H19NO4. The van der Waals surface area contributed by atoms with Gasteiger partial charge in [-0.2, -0.15) is 0 Å². The summed E-state index contributed by atoms with van der Waals surface area (Å²) in [5.74, 6) is 0.119. The zero-order chi connectivity index (χ0) is 11.1. The molecule has 5 heteroatoms. The molecular weight excluding hydrogens is 198 g/mol. The van der Waals surface area contributed by atoms with E-state index in [1.807, 2.05) is 0 Å². The highest BCUT2D eigenvalue weighted by Gasteiger charge is 2.22. The van der Waals surface area contributed by atoms with Crippen molar-refractivity contribution in [3.63, 3.8) is 0 Å². The molecule has 1 unspecified atom stereocenters. The molecule has 0 aromatic rings. The SMILES string of the molecule is COCCCC(=O)N1CCOC(CO)C1. The monoisotopic (exact) mass is 217 g/mol. The molecule has 1 heterocycles. The van der Waals surface area contributed by atoms with E-state index < -0.39 is 0 Å². The van der Waals surface area contributed by atoms with Crippen LogP contribution in [0.2, 0.25) is 0 Å². The highest BCUT2D eigenvalue weighted by molar-refractivity contribution is 5.76. The maximum absolute atomic E-state index is 11.7. The van der Waals surface area contributed by atoms with Crippen molar-refractivity contribution in [2.24, 2.45) is 0 Å². The van der Waals surface area contributed by atoms with Gasteiger partial charge in [-0.15, -0.1) is 0 Å². The van der Waals surface area contributed by atoms with Gasteiger partial charge in [0, 0.05) is 33.2 Å². The highest BCUT2D eigenvalue weighted by Crippen LogP contribution is 2.07. The fourth-order valence-electron chi connectivity index (χ4n) is 1.58. The van der Waals surface area contributed by atoms with Crippen LogP contribution in [0.5, 0.6) is 0 Å². The number of methoxy groups -OCH3 is 1. The second-order valence-corrected chi connectivity index (χ2v) is 3.61. The molecule has 0 bridgehead atoms. The van der Waals surface area contributed by atoms with E-state index in [0.29, 0.717) is 32.7 Å². The molecule has 1 rings (SSSR count). The normalized spacial score (nSPS) is 21.7. The Morgan fingerprint density at radius 3 is 3.13 bits per heavy atom. The number of amides is 1. The average Bonchev–Trinajstić information content (AvgIpc) is 2.29. The Hall–Kier alpha value is -0.650. The topological polar surface area (TPSA) is 59.0 Å². The van der Waals surface area contributed by atoms with Gasteiger partial charge in [-0.3, -0.25) is 4.79 Å². The van der Waals surface area contributed by atoms with Crippen LogP contribution in [0.1, 0.15) is 12.8 Å². The molecule has 1 amide bonds. The minimum absolute atomic E-state index is 0.0259. The van der Waals surface area contributed by atoms with Crippen molar-refractivity contribution in [2.75, 3.05) is 40.0 Å². The zero-order valence-corrected chi connectivity index (χ0v) is 9.15. The Bertz CT molecular complexity index is 198. The van der Waals surface area contributed by atoms with Crippen LogP contribution >= 0.6 is 0 Å². The van der Waals surface area contributed by atoms with E-state index in [4.69, 9.17) is 14.6 Å². The van der Waals surface area contributed by atoms with Gasteiger partial charge >= 0.3 is 0 Å². The molecule has 5 nitrogen and oxygen atoms in total. The summed E-state index contributed by atoms with van der Waals surface area (Å²) in [6.07, 6.45) is 1.03. The molecule has 0 aromatic heterocycles. The molecule has 15 heavy (non-hydrogen) atoms. The first-order valence-electron chi connectivity index (χ1n) is 5.27. The Labute approximate surface area is 90.0 Å². The van der Waals surface area contributed by atoms with Gasteiger partial charge < -0.3 is 19.5 Å². The van der Waals surface area contributed by atoms with Crippen LogP contribution in [0.3, 0.4) is 0 Å². The number of morpholine rings is 1. The van der Waals surface area contributed by atoms with Crippen LogP contribution in [0.25, 0.3) is 0 Å². The summed E-state index contributed by atoms with van der Waals surface area (Å²) in [5, 5.41) is 8.92. The van der Waals surface area contributed by atoms with Crippen molar-refractivity contribution in [2.45, 2.75) is 18.9 Å². The van der Waals surface area contributed by atoms with E-state index in [9.17, 15) is 4.79 Å². The zero-order valence-electron chi connectivity index (χ0n) is 9.15. The lowest BCUT2D eigenvalue weighted by molar-refractivity contribution is -0.140. The number of nitrogens with zero attached hydrogens (tertiary/aromatic N) is 1. The number of carbonyl (C=O) groups is 1. The summed E-state index contributed by atoms with van der Waals surface area (Å²) >= 11 is 0. The maximum atomic E-state index is 11.7. The second kappa shape index (κ2) is 6.76. The van der Waals surface area contributed by atoms with Crippen molar-refractivity contribution in [3.8, 4) is 0 Å². The van der Waals surface area contributed by atoms with E-state index in [1.165, 1.54) is 0 Å². The predicted octanol–water partition coefficient (Wildman–Crippen LogP) is -0.367. The minimum Gasteiger partial charge on any atom is -0.394 e. The number of aliphatic hydroxyl groups excluding tert-OH is 1.